The van der Waals surface area contributed by atoms with Crippen LogP contribution >= 0.6 is 0 Å². The lowest BCUT2D eigenvalue weighted by atomic mass is 10.0. The van der Waals surface area contributed by atoms with Crippen molar-refractivity contribution in [3.63, 3.8) is 0 Å². The summed E-state index contributed by atoms with van der Waals surface area (Å²) in [6.45, 7) is 0.231. The van der Waals surface area contributed by atoms with E-state index >= 15 is 0 Å². The molecule has 2 fully saturated rings. The lowest BCUT2D eigenvalue weighted by Gasteiger charge is -2.43. The van der Waals surface area contributed by atoms with Crippen molar-refractivity contribution in [3.05, 3.63) is 42.0 Å². The van der Waals surface area contributed by atoms with Crippen molar-refractivity contribution < 1.29 is 33.9 Å². The standard InChI is InChI=1S/C23H26N4O7/c28-14-16(13-21(31)32)24-22(33)18-7-4-12-26-20(30)11-9-17(23(34)27(18)26)25-19(29)10-8-15-5-2-1-3-6-15/h1-3,5-6,8,10,14,16-18H,4,7,9,11-13H2,(H,24,33)(H,25,29)(H,31,32)/b10-8+/t16-,17?,18-/m0/s1. The van der Waals surface area contributed by atoms with Crippen LogP contribution in [0.5, 0.6) is 0 Å². The predicted octanol–water partition coefficient (Wildman–Crippen LogP) is -0.129. The highest BCUT2D eigenvalue weighted by Crippen LogP contribution is 2.25. The second kappa shape index (κ2) is 11.2. The van der Waals surface area contributed by atoms with Crippen molar-refractivity contribution in [1.82, 2.24) is 20.7 Å². The number of hydrogen-bond donors (Lipinski definition) is 3. The van der Waals surface area contributed by atoms with Crippen LogP contribution in [0.1, 0.15) is 37.7 Å². The van der Waals surface area contributed by atoms with E-state index in [1.54, 1.807) is 6.08 Å². The Morgan fingerprint density at radius 2 is 1.88 bits per heavy atom. The zero-order valence-corrected chi connectivity index (χ0v) is 18.4. The smallest absolute Gasteiger partial charge is 0.305 e. The van der Waals surface area contributed by atoms with Crippen LogP contribution in [-0.2, 0) is 28.8 Å². The number of hydrazine groups is 1. The van der Waals surface area contributed by atoms with Crippen molar-refractivity contribution >= 4 is 42.0 Å². The second-order valence-corrected chi connectivity index (χ2v) is 8.05. The molecule has 11 nitrogen and oxygen atoms in total. The Kier molecular flexibility index (Phi) is 8.12. The number of carboxylic acids is 1. The number of aldehydes is 1. The van der Waals surface area contributed by atoms with Gasteiger partial charge in [0.25, 0.3) is 5.91 Å². The molecule has 0 bridgehead atoms. The summed E-state index contributed by atoms with van der Waals surface area (Å²) in [5, 5.41) is 16.1. The number of hydrogen-bond acceptors (Lipinski definition) is 6. The molecular weight excluding hydrogens is 444 g/mol. The molecule has 180 valence electrons. The number of rotatable bonds is 8. The Bertz CT molecular complexity index is 994. The molecule has 3 N–H and O–H groups in total. The molecule has 3 rings (SSSR count). The van der Waals surface area contributed by atoms with Crippen molar-refractivity contribution in [2.45, 2.75) is 50.2 Å². The van der Waals surface area contributed by atoms with Gasteiger partial charge in [-0.05, 0) is 30.9 Å². The number of carbonyl (C=O) groups excluding carboxylic acids is 5. The first-order valence-electron chi connectivity index (χ1n) is 10.9. The van der Waals surface area contributed by atoms with E-state index in [2.05, 4.69) is 10.6 Å². The molecule has 1 aromatic rings. The number of carboxylic acid groups (broad SMARTS) is 1. The van der Waals surface area contributed by atoms with Crippen molar-refractivity contribution in [2.24, 2.45) is 0 Å². The summed E-state index contributed by atoms with van der Waals surface area (Å²) in [4.78, 5) is 73.4. The SMILES string of the molecule is O=C[C@H](CC(=O)O)NC(=O)[C@@H]1CCCN2C(=O)CCC(NC(=O)/C=C/c3ccccc3)C(=O)N12. The molecule has 3 atom stereocenters. The van der Waals surface area contributed by atoms with Gasteiger partial charge in [0.1, 0.15) is 18.4 Å². The molecule has 0 aromatic heterocycles. The van der Waals surface area contributed by atoms with Crippen LogP contribution in [0.3, 0.4) is 0 Å². The molecule has 2 aliphatic heterocycles. The summed E-state index contributed by atoms with van der Waals surface area (Å²) in [5.41, 5.74) is 0.796. The number of benzene rings is 1. The molecule has 0 spiro atoms. The molecule has 11 heteroatoms. The quantitative estimate of drug-likeness (QED) is 0.353. The van der Waals surface area contributed by atoms with Crippen LogP contribution in [-0.4, -0.2) is 75.7 Å². The molecule has 34 heavy (non-hydrogen) atoms. The third kappa shape index (κ3) is 6.06. The average molecular weight is 470 g/mol. The molecule has 4 amide bonds. The van der Waals surface area contributed by atoms with Gasteiger partial charge in [-0.3, -0.25) is 29.0 Å². The maximum absolute atomic E-state index is 13.3. The van der Waals surface area contributed by atoms with Crippen LogP contribution in [0, 0.1) is 0 Å². The highest BCUT2D eigenvalue weighted by atomic mass is 16.4. The van der Waals surface area contributed by atoms with E-state index in [0.29, 0.717) is 12.7 Å². The minimum absolute atomic E-state index is 0.0000970. The van der Waals surface area contributed by atoms with Gasteiger partial charge in [0, 0.05) is 19.0 Å². The summed E-state index contributed by atoms with van der Waals surface area (Å²) < 4.78 is 0. The Balaban J connectivity index is 1.75. The molecular formula is C23H26N4O7. The number of fused-ring (bicyclic) bond motifs is 1. The van der Waals surface area contributed by atoms with E-state index in [-0.39, 0.29) is 31.7 Å². The van der Waals surface area contributed by atoms with E-state index in [9.17, 15) is 28.8 Å². The first-order valence-corrected chi connectivity index (χ1v) is 10.9. The van der Waals surface area contributed by atoms with Crippen LogP contribution < -0.4 is 10.6 Å². The molecule has 1 aromatic carbocycles. The summed E-state index contributed by atoms with van der Waals surface area (Å²) in [5.74, 6) is -3.51. The zero-order valence-electron chi connectivity index (χ0n) is 18.4. The van der Waals surface area contributed by atoms with Crippen molar-refractivity contribution in [1.29, 1.82) is 0 Å². The summed E-state index contributed by atoms with van der Waals surface area (Å²) >= 11 is 0. The Morgan fingerprint density at radius 1 is 1.15 bits per heavy atom. The van der Waals surface area contributed by atoms with E-state index in [4.69, 9.17) is 5.11 Å². The van der Waals surface area contributed by atoms with E-state index in [1.165, 1.54) is 11.1 Å². The van der Waals surface area contributed by atoms with Gasteiger partial charge < -0.3 is 20.5 Å². The van der Waals surface area contributed by atoms with Crippen LogP contribution in [0.25, 0.3) is 6.08 Å². The van der Waals surface area contributed by atoms with Crippen molar-refractivity contribution in [2.75, 3.05) is 6.54 Å². The number of nitrogens with one attached hydrogen (secondary N) is 2. The van der Waals surface area contributed by atoms with Gasteiger partial charge in [-0.25, -0.2) is 5.01 Å². The summed E-state index contributed by atoms with van der Waals surface area (Å²) in [6, 6.07) is 5.69. The molecule has 2 aliphatic rings. The summed E-state index contributed by atoms with van der Waals surface area (Å²) in [7, 11) is 0. The van der Waals surface area contributed by atoms with Crippen LogP contribution in [0.4, 0.5) is 0 Å². The number of carbonyl (C=O) groups is 6. The topological polar surface area (TPSA) is 153 Å². The largest absolute Gasteiger partial charge is 0.481 e. The fraction of sp³-hybridized carbons (Fsp3) is 0.391. The average Bonchev–Trinajstić information content (AvgIpc) is 2.94. The lowest BCUT2D eigenvalue weighted by Crippen LogP contribution is -2.64. The van der Waals surface area contributed by atoms with Gasteiger partial charge in [0.15, 0.2) is 0 Å². The normalized spacial score (nSPS) is 21.4. The monoisotopic (exact) mass is 470 g/mol. The van der Waals surface area contributed by atoms with Gasteiger partial charge in [0.05, 0.1) is 12.5 Å². The number of aliphatic carboxylic acids is 1. The van der Waals surface area contributed by atoms with Gasteiger partial charge in [-0.2, -0.15) is 0 Å². The lowest BCUT2D eigenvalue weighted by molar-refractivity contribution is -0.176. The van der Waals surface area contributed by atoms with Crippen molar-refractivity contribution in [3.8, 4) is 0 Å². The Morgan fingerprint density at radius 3 is 2.56 bits per heavy atom. The van der Waals surface area contributed by atoms with Gasteiger partial charge in [-0.1, -0.05) is 30.3 Å². The summed E-state index contributed by atoms with van der Waals surface area (Å²) in [6.07, 6.45) is 3.31. The Hall–Kier alpha value is -4.02. The van der Waals surface area contributed by atoms with Crippen LogP contribution in [0.15, 0.2) is 36.4 Å². The minimum Gasteiger partial charge on any atom is -0.481 e. The number of amides is 4. The molecule has 2 saturated heterocycles. The molecule has 0 radical (unpaired) electrons. The van der Waals surface area contributed by atoms with E-state index in [1.807, 2.05) is 30.3 Å². The van der Waals surface area contributed by atoms with Crippen LogP contribution in [0.2, 0.25) is 0 Å². The third-order valence-corrected chi connectivity index (χ3v) is 5.59. The zero-order chi connectivity index (χ0) is 24.7. The van der Waals surface area contributed by atoms with Gasteiger partial charge >= 0.3 is 5.97 Å². The maximum atomic E-state index is 13.3. The molecule has 1 unspecified atom stereocenters. The molecule has 2 heterocycles. The molecule has 0 aliphatic carbocycles. The third-order valence-electron chi connectivity index (χ3n) is 5.59. The highest BCUT2D eigenvalue weighted by molar-refractivity contribution is 5.98. The first-order chi connectivity index (χ1) is 16.3. The number of nitrogens with zero attached hydrogens (tertiary/aromatic N) is 2. The van der Waals surface area contributed by atoms with Gasteiger partial charge in [0.2, 0.25) is 17.7 Å². The van der Waals surface area contributed by atoms with E-state index in [0.717, 1.165) is 10.6 Å². The van der Waals surface area contributed by atoms with E-state index < -0.39 is 48.2 Å². The highest BCUT2D eigenvalue weighted by Gasteiger charge is 2.44. The predicted molar refractivity (Wildman–Crippen MR) is 118 cm³/mol. The fourth-order valence-electron chi connectivity index (χ4n) is 3.96. The van der Waals surface area contributed by atoms with Gasteiger partial charge in [-0.15, -0.1) is 0 Å². The Labute approximate surface area is 195 Å². The fourth-order valence-corrected chi connectivity index (χ4v) is 3.96. The first kappa shape index (κ1) is 24.6. The second-order valence-electron chi connectivity index (χ2n) is 8.05. The minimum atomic E-state index is -1.27. The maximum Gasteiger partial charge on any atom is 0.305 e. The molecule has 0 saturated carbocycles.